The van der Waals surface area contributed by atoms with Gasteiger partial charge in [0.05, 0.1) is 5.69 Å². The second-order valence-electron chi connectivity index (χ2n) is 5.41. The van der Waals surface area contributed by atoms with Gasteiger partial charge in [-0.05, 0) is 31.4 Å². The molecule has 0 amide bonds. The molecule has 0 spiro atoms. The van der Waals surface area contributed by atoms with Gasteiger partial charge in [-0.15, -0.1) is 11.3 Å². The van der Waals surface area contributed by atoms with Gasteiger partial charge in [-0.2, -0.15) is 0 Å². The lowest BCUT2D eigenvalue weighted by atomic mass is 10.1. The van der Waals surface area contributed by atoms with Crippen LogP contribution in [0.1, 0.15) is 50.6 Å². The van der Waals surface area contributed by atoms with Crippen LogP contribution in [0.2, 0.25) is 0 Å². The monoisotopic (exact) mass is 289 g/mol. The van der Waals surface area contributed by atoms with E-state index in [-0.39, 0.29) is 0 Å². The van der Waals surface area contributed by atoms with E-state index < -0.39 is 0 Å². The standard InChI is InChI=1S/C16H23N3S/c1-5-12(4)18-10-14-15(11(2)3)19-16(20-14)13-7-6-8-17-9-13/h6-9,11-12,18H,5,10H2,1-4H3. The highest BCUT2D eigenvalue weighted by Gasteiger charge is 2.15. The van der Waals surface area contributed by atoms with E-state index in [2.05, 4.69) is 44.1 Å². The Hall–Kier alpha value is -1.26. The molecule has 0 bridgehead atoms. The number of nitrogens with one attached hydrogen (secondary N) is 1. The highest BCUT2D eigenvalue weighted by molar-refractivity contribution is 7.15. The van der Waals surface area contributed by atoms with Gasteiger partial charge in [0.25, 0.3) is 0 Å². The third-order valence-corrected chi connectivity index (χ3v) is 4.53. The minimum Gasteiger partial charge on any atom is -0.309 e. The molecule has 0 aliphatic carbocycles. The normalized spacial score (nSPS) is 12.8. The fourth-order valence-corrected chi connectivity index (χ4v) is 3.12. The van der Waals surface area contributed by atoms with Gasteiger partial charge in [-0.25, -0.2) is 4.98 Å². The Kier molecular flexibility index (Phi) is 5.26. The van der Waals surface area contributed by atoms with Crippen LogP contribution in [-0.4, -0.2) is 16.0 Å². The lowest BCUT2D eigenvalue weighted by Crippen LogP contribution is -2.24. The molecule has 2 heterocycles. The van der Waals surface area contributed by atoms with Crippen LogP contribution < -0.4 is 5.32 Å². The van der Waals surface area contributed by atoms with Crippen molar-refractivity contribution in [2.75, 3.05) is 0 Å². The third kappa shape index (κ3) is 3.64. The maximum absolute atomic E-state index is 4.82. The van der Waals surface area contributed by atoms with Crippen molar-refractivity contribution in [3.05, 3.63) is 35.1 Å². The van der Waals surface area contributed by atoms with Crippen molar-refractivity contribution in [2.24, 2.45) is 0 Å². The molecule has 1 atom stereocenters. The van der Waals surface area contributed by atoms with E-state index in [4.69, 9.17) is 4.98 Å². The summed E-state index contributed by atoms with van der Waals surface area (Å²) >= 11 is 1.78. The smallest absolute Gasteiger partial charge is 0.125 e. The molecular weight excluding hydrogens is 266 g/mol. The van der Waals surface area contributed by atoms with Crippen LogP contribution in [-0.2, 0) is 6.54 Å². The van der Waals surface area contributed by atoms with Crippen LogP contribution in [0.4, 0.5) is 0 Å². The number of nitrogens with zero attached hydrogens (tertiary/aromatic N) is 2. The Bertz CT molecular complexity index is 534. The maximum Gasteiger partial charge on any atom is 0.125 e. The van der Waals surface area contributed by atoms with E-state index in [1.807, 2.05) is 12.3 Å². The van der Waals surface area contributed by atoms with Crippen molar-refractivity contribution in [2.45, 2.75) is 52.6 Å². The molecule has 1 unspecified atom stereocenters. The van der Waals surface area contributed by atoms with E-state index in [1.54, 1.807) is 17.5 Å². The summed E-state index contributed by atoms with van der Waals surface area (Å²) in [4.78, 5) is 10.4. The van der Waals surface area contributed by atoms with Crippen LogP contribution in [0.25, 0.3) is 10.6 Å². The molecule has 0 saturated heterocycles. The van der Waals surface area contributed by atoms with E-state index in [9.17, 15) is 0 Å². The van der Waals surface area contributed by atoms with E-state index >= 15 is 0 Å². The Balaban J connectivity index is 2.24. The lowest BCUT2D eigenvalue weighted by Gasteiger charge is -2.11. The molecule has 0 aliphatic heterocycles. The number of rotatable bonds is 6. The molecule has 0 aliphatic rings. The molecule has 0 radical (unpaired) electrons. The minimum atomic E-state index is 0.449. The molecule has 2 rings (SSSR count). The van der Waals surface area contributed by atoms with Gasteiger partial charge in [-0.1, -0.05) is 20.8 Å². The summed E-state index contributed by atoms with van der Waals surface area (Å²) in [7, 11) is 0. The first-order valence-corrected chi connectivity index (χ1v) is 8.06. The lowest BCUT2D eigenvalue weighted by molar-refractivity contribution is 0.534. The Morgan fingerprint density at radius 2 is 2.10 bits per heavy atom. The number of thiazole rings is 1. The molecule has 2 aromatic heterocycles. The highest BCUT2D eigenvalue weighted by atomic mass is 32.1. The zero-order valence-electron chi connectivity index (χ0n) is 12.7. The van der Waals surface area contributed by atoms with Gasteiger partial charge in [-0.3, -0.25) is 4.98 Å². The van der Waals surface area contributed by atoms with Crippen molar-refractivity contribution >= 4 is 11.3 Å². The minimum absolute atomic E-state index is 0.449. The van der Waals surface area contributed by atoms with Crippen LogP contribution in [0.5, 0.6) is 0 Å². The first-order valence-electron chi connectivity index (χ1n) is 7.25. The predicted molar refractivity (Wildman–Crippen MR) is 86.0 cm³/mol. The van der Waals surface area contributed by atoms with Gasteiger partial charge in [0.15, 0.2) is 0 Å². The van der Waals surface area contributed by atoms with E-state index in [1.165, 1.54) is 10.6 Å². The van der Waals surface area contributed by atoms with Gasteiger partial charge < -0.3 is 5.32 Å². The molecule has 0 saturated carbocycles. The Morgan fingerprint density at radius 3 is 2.70 bits per heavy atom. The summed E-state index contributed by atoms with van der Waals surface area (Å²) in [5, 5.41) is 4.64. The predicted octanol–water partition coefficient (Wildman–Crippen LogP) is 4.22. The second kappa shape index (κ2) is 6.95. The van der Waals surface area contributed by atoms with Gasteiger partial charge in [0.1, 0.15) is 5.01 Å². The van der Waals surface area contributed by atoms with Crippen LogP contribution in [0, 0.1) is 0 Å². The summed E-state index contributed by atoms with van der Waals surface area (Å²) < 4.78 is 0. The molecule has 0 aromatic carbocycles. The van der Waals surface area contributed by atoms with Crippen molar-refractivity contribution in [1.82, 2.24) is 15.3 Å². The molecule has 108 valence electrons. The molecule has 4 heteroatoms. The molecule has 1 N–H and O–H groups in total. The number of aromatic nitrogens is 2. The largest absolute Gasteiger partial charge is 0.309 e. The average Bonchev–Trinajstić information content (AvgIpc) is 2.90. The first kappa shape index (κ1) is 15.1. The zero-order chi connectivity index (χ0) is 14.5. The van der Waals surface area contributed by atoms with Gasteiger partial charge in [0.2, 0.25) is 0 Å². The number of pyridine rings is 1. The van der Waals surface area contributed by atoms with Gasteiger partial charge >= 0.3 is 0 Å². The van der Waals surface area contributed by atoms with Gasteiger partial charge in [0, 0.05) is 35.4 Å². The quantitative estimate of drug-likeness (QED) is 0.865. The van der Waals surface area contributed by atoms with Crippen molar-refractivity contribution < 1.29 is 0 Å². The fourth-order valence-electron chi connectivity index (χ4n) is 1.97. The summed E-state index contributed by atoms with van der Waals surface area (Å²) in [6, 6.07) is 4.57. The van der Waals surface area contributed by atoms with Crippen LogP contribution >= 0.6 is 11.3 Å². The van der Waals surface area contributed by atoms with Crippen molar-refractivity contribution in [3.8, 4) is 10.6 Å². The van der Waals surface area contributed by atoms with Crippen LogP contribution in [0.3, 0.4) is 0 Å². The second-order valence-corrected chi connectivity index (χ2v) is 6.50. The molecule has 3 nitrogen and oxygen atoms in total. The summed E-state index contributed by atoms with van der Waals surface area (Å²) in [5.74, 6) is 0.449. The molecule has 2 aromatic rings. The van der Waals surface area contributed by atoms with E-state index in [0.29, 0.717) is 12.0 Å². The third-order valence-electron chi connectivity index (χ3n) is 3.41. The number of hydrogen-bond acceptors (Lipinski definition) is 4. The van der Waals surface area contributed by atoms with Crippen molar-refractivity contribution in [3.63, 3.8) is 0 Å². The molecule has 20 heavy (non-hydrogen) atoms. The first-order chi connectivity index (χ1) is 9.61. The van der Waals surface area contributed by atoms with E-state index in [0.717, 1.165) is 23.5 Å². The SMILES string of the molecule is CCC(C)NCc1sc(-c2cccnc2)nc1C(C)C. The molecular formula is C16H23N3S. The Morgan fingerprint density at radius 1 is 1.30 bits per heavy atom. The summed E-state index contributed by atoms with van der Waals surface area (Å²) in [5.41, 5.74) is 2.32. The Labute approximate surface area is 125 Å². The molecule has 0 fully saturated rings. The zero-order valence-corrected chi connectivity index (χ0v) is 13.5. The summed E-state index contributed by atoms with van der Waals surface area (Å²) in [6.45, 7) is 9.73. The fraction of sp³-hybridized carbons (Fsp3) is 0.500. The number of hydrogen-bond donors (Lipinski definition) is 1. The average molecular weight is 289 g/mol. The topological polar surface area (TPSA) is 37.8 Å². The highest BCUT2D eigenvalue weighted by Crippen LogP contribution is 2.31. The van der Waals surface area contributed by atoms with Crippen molar-refractivity contribution in [1.29, 1.82) is 0 Å². The summed E-state index contributed by atoms with van der Waals surface area (Å²) in [6.07, 6.45) is 4.83. The maximum atomic E-state index is 4.82. The van der Waals surface area contributed by atoms with Crippen LogP contribution in [0.15, 0.2) is 24.5 Å².